The van der Waals surface area contributed by atoms with Gasteiger partial charge in [-0.25, -0.2) is 0 Å². The molecule has 1 aliphatic rings. The number of hydrogen-bond donors (Lipinski definition) is 0. The second-order valence-corrected chi connectivity index (χ2v) is 9.69. The molecular formula is C35H29NO3. The fraction of sp³-hybridized carbons (Fsp3) is 0.114. The van der Waals surface area contributed by atoms with E-state index in [1.54, 1.807) is 0 Å². The molecule has 6 rings (SSSR count). The predicted molar refractivity (Wildman–Crippen MR) is 152 cm³/mol. The van der Waals surface area contributed by atoms with E-state index in [-0.39, 0.29) is 12.0 Å². The van der Waals surface area contributed by atoms with Crippen LogP contribution in [0.4, 0.5) is 0 Å². The number of carbonyl (C=O) groups is 1. The van der Waals surface area contributed by atoms with Crippen LogP contribution in [-0.2, 0) is 16.2 Å². The van der Waals surface area contributed by atoms with E-state index in [2.05, 4.69) is 24.3 Å². The van der Waals surface area contributed by atoms with Crippen LogP contribution in [0.15, 0.2) is 146 Å². The zero-order valence-corrected chi connectivity index (χ0v) is 21.5. The number of hydrogen-bond acceptors (Lipinski definition) is 4. The van der Waals surface area contributed by atoms with Crippen molar-refractivity contribution in [2.75, 3.05) is 0 Å². The van der Waals surface area contributed by atoms with Gasteiger partial charge in [0, 0.05) is 6.54 Å². The highest BCUT2D eigenvalue weighted by molar-refractivity contribution is 5.78. The number of esters is 1. The average Bonchev–Trinajstić information content (AvgIpc) is 3.38. The largest absolute Gasteiger partial charge is 0.426 e. The lowest BCUT2D eigenvalue weighted by Crippen LogP contribution is -2.31. The molecule has 192 valence electrons. The van der Waals surface area contributed by atoms with Crippen molar-refractivity contribution in [1.29, 1.82) is 0 Å². The Balaban J connectivity index is 1.34. The Labute approximate surface area is 229 Å². The molecule has 1 saturated heterocycles. The van der Waals surface area contributed by atoms with Crippen molar-refractivity contribution in [1.82, 2.24) is 5.06 Å². The van der Waals surface area contributed by atoms with Crippen LogP contribution >= 0.6 is 0 Å². The van der Waals surface area contributed by atoms with E-state index < -0.39 is 12.0 Å². The molecule has 4 heteroatoms. The summed E-state index contributed by atoms with van der Waals surface area (Å²) in [5.74, 6) is -0.382. The molecule has 0 amide bonds. The maximum absolute atomic E-state index is 14.0. The summed E-state index contributed by atoms with van der Waals surface area (Å²) in [6, 6.07) is 47.7. The Morgan fingerprint density at radius 2 is 1.13 bits per heavy atom. The van der Waals surface area contributed by atoms with E-state index in [1.165, 1.54) is 0 Å². The van der Waals surface area contributed by atoms with Crippen LogP contribution in [0, 0.1) is 5.92 Å². The molecule has 5 aromatic rings. The first-order valence-electron chi connectivity index (χ1n) is 13.2. The first-order valence-corrected chi connectivity index (χ1v) is 13.2. The van der Waals surface area contributed by atoms with Gasteiger partial charge in [-0.3, -0.25) is 9.63 Å². The fourth-order valence-electron chi connectivity index (χ4n) is 5.24. The first kappa shape index (κ1) is 24.8. The second-order valence-electron chi connectivity index (χ2n) is 9.69. The number of rotatable bonds is 7. The Morgan fingerprint density at radius 1 is 0.615 bits per heavy atom. The van der Waals surface area contributed by atoms with Crippen LogP contribution in [0.1, 0.15) is 28.8 Å². The third kappa shape index (κ3) is 5.53. The van der Waals surface area contributed by atoms with Crippen molar-refractivity contribution < 1.29 is 14.4 Å². The number of carbonyl (C=O) groups excluding carboxylic acids is 1. The van der Waals surface area contributed by atoms with E-state index in [9.17, 15) is 4.79 Å². The number of ether oxygens (including phenoxy) is 1. The van der Waals surface area contributed by atoms with Gasteiger partial charge < -0.3 is 4.74 Å². The van der Waals surface area contributed by atoms with Gasteiger partial charge in [-0.05, 0) is 39.9 Å². The topological polar surface area (TPSA) is 38.8 Å². The van der Waals surface area contributed by atoms with Crippen molar-refractivity contribution in [2.45, 2.75) is 18.7 Å². The molecule has 1 fully saturated rings. The monoisotopic (exact) mass is 511 g/mol. The zero-order valence-electron chi connectivity index (χ0n) is 21.5. The van der Waals surface area contributed by atoms with Crippen molar-refractivity contribution >= 4 is 5.97 Å². The van der Waals surface area contributed by atoms with Crippen molar-refractivity contribution in [2.24, 2.45) is 5.92 Å². The summed E-state index contributed by atoms with van der Waals surface area (Å²) in [7, 11) is 0. The Hall–Kier alpha value is -4.51. The molecule has 0 aromatic heterocycles. The highest BCUT2D eigenvalue weighted by atomic mass is 16.7. The summed E-state index contributed by atoms with van der Waals surface area (Å²) in [5.41, 5.74) is 5.24. The zero-order chi connectivity index (χ0) is 26.4. The SMILES string of the molecule is O=C(Oc1ccc(-c2ccccc2)cc1)[C@@H]1[C@@H](c2ccccc2)N(Cc2ccccc2)O[C@H]1c1ccccc1. The molecule has 0 bridgehead atoms. The molecule has 4 nitrogen and oxygen atoms in total. The number of hydroxylamine groups is 2. The third-order valence-electron chi connectivity index (χ3n) is 7.13. The van der Waals surface area contributed by atoms with E-state index in [0.717, 1.165) is 27.8 Å². The minimum absolute atomic E-state index is 0.319. The van der Waals surface area contributed by atoms with Gasteiger partial charge in [0.15, 0.2) is 0 Å². The first-order chi connectivity index (χ1) is 19.3. The summed E-state index contributed by atoms with van der Waals surface area (Å²) in [6.45, 7) is 0.541. The van der Waals surface area contributed by atoms with Gasteiger partial charge in [-0.15, -0.1) is 0 Å². The van der Waals surface area contributed by atoms with Crippen LogP contribution in [0.3, 0.4) is 0 Å². The van der Waals surface area contributed by atoms with Gasteiger partial charge in [0.25, 0.3) is 0 Å². The van der Waals surface area contributed by atoms with Gasteiger partial charge in [0.1, 0.15) is 17.8 Å². The molecule has 0 N–H and O–H groups in total. The smallest absolute Gasteiger partial charge is 0.319 e. The van der Waals surface area contributed by atoms with E-state index >= 15 is 0 Å². The molecule has 39 heavy (non-hydrogen) atoms. The molecule has 5 aromatic carbocycles. The lowest BCUT2D eigenvalue weighted by molar-refractivity contribution is -0.173. The van der Waals surface area contributed by atoms with E-state index in [4.69, 9.17) is 9.57 Å². The molecule has 0 spiro atoms. The third-order valence-corrected chi connectivity index (χ3v) is 7.13. The molecule has 0 saturated carbocycles. The van der Waals surface area contributed by atoms with Gasteiger partial charge in [0.2, 0.25) is 0 Å². The van der Waals surface area contributed by atoms with Gasteiger partial charge in [-0.2, -0.15) is 5.06 Å². The summed E-state index contributed by atoms with van der Waals surface area (Å²) in [6.07, 6.45) is -0.490. The number of benzene rings is 5. The Bertz CT molecular complexity index is 1490. The molecule has 0 aliphatic carbocycles. The lowest BCUT2D eigenvalue weighted by atomic mass is 9.86. The fourth-order valence-corrected chi connectivity index (χ4v) is 5.24. The molecule has 1 aliphatic heterocycles. The van der Waals surface area contributed by atoms with Crippen molar-refractivity contribution in [3.8, 4) is 16.9 Å². The van der Waals surface area contributed by atoms with Crippen LogP contribution in [0.2, 0.25) is 0 Å². The molecule has 3 atom stereocenters. The minimum Gasteiger partial charge on any atom is -0.426 e. The van der Waals surface area contributed by atoms with Gasteiger partial charge in [-0.1, -0.05) is 133 Å². The summed E-state index contributed by atoms with van der Waals surface area (Å²) < 4.78 is 6.05. The van der Waals surface area contributed by atoms with Crippen LogP contribution < -0.4 is 4.74 Å². The van der Waals surface area contributed by atoms with Gasteiger partial charge >= 0.3 is 5.97 Å². The summed E-state index contributed by atoms with van der Waals surface area (Å²) in [5, 5.41) is 1.94. The normalized spacial score (nSPS) is 19.0. The molecule has 1 heterocycles. The van der Waals surface area contributed by atoms with Crippen LogP contribution in [0.5, 0.6) is 5.75 Å². The highest BCUT2D eigenvalue weighted by Crippen LogP contribution is 2.48. The van der Waals surface area contributed by atoms with E-state index in [0.29, 0.717) is 12.3 Å². The second kappa shape index (κ2) is 11.5. The van der Waals surface area contributed by atoms with Crippen molar-refractivity contribution in [3.63, 3.8) is 0 Å². The Kier molecular flexibility index (Phi) is 7.30. The maximum atomic E-state index is 14.0. The maximum Gasteiger partial charge on any atom is 0.319 e. The molecule has 0 radical (unpaired) electrons. The van der Waals surface area contributed by atoms with Crippen LogP contribution in [-0.4, -0.2) is 11.0 Å². The molecule has 0 unspecified atom stereocenters. The minimum atomic E-state index is -0.577. The quantitative estimate of drug-likeness (QED) is 0.165. The summed E-state index contributed by atoms with van der Waals surface area (Å²) in [4.78, 5) is 20.6. The number of nitrogens with zero attached hydrogens (tertiary/aromatic N) is 1. The molecular weight excluding hydrogens is 482 g/mol. The van der Waals surface area contributed by atoms with E-state index in [1.807, 2.05) is 126 Å². The predicted octanol–water partition coefficient (Wildman–Crippen LogP) is 7.81. The summed E-state index contributed by atoms with van der Waals surface area (Å²) >= 11 is 0. The standard InChI is InChI=1S/C35H29NO3/c37-35(38-31-23-21-28(22-24-31)27-15-7-2-8-16-27)32-33(29-17-9-3-10-18-29)36(25-26-13-5-1-6-14-26)39-34(32)30-19-11-4-12-20-30/h1-24,32-34H,25H2/t32-,33-,34+/m1/s1. The van der Waals surface area contributed by atoms with Gasteiger partial charge in [0.05, 0.1) is 6.04 Å². The van der Waals surface area contributed by atoms with Crippen LogP contribution in [0.25, 0.3) is 11.1 Å². The highest BCUT2D eigenvalue weighted by Gasteiger charge is 2.50. The average molecular weight is 512 g/mol. The lowest BCUT2D eigenvalue weighted by Gasteiger charge is -2.25. The van der Waals surface area contributed by atoms with Crippen molar-refractivity contribution in [3.05, 3.63) is 162 Å². The Morgan fingerprint density at radius 3 is 1.74 bits per heavy atom.